The van der Waals surface area contributed by atoms with Gasteiger partial charge in [0.05, 0.1) is 17.5 Å². The molecule has 1 amide bonds. The van der Waals surface area contributed by atoms with E-state index in [9.17, 15) is 18.0 Å². The molecule has 24 heavy (non-hydrogen) atoms. The van der Waals surface area contributed by atoms with Crippen LogP contribution in [0.4, 0.5) is 13.2 Å². The molecule has 0 unspecified atom stereocenters. The molecular formula is C16H24ClF3N2O2. The molecule has 0 saturated carbocycles. The van der Waals surface area contributed by atoms with Gasteiger partial charge in [-0.1, -0.05) is 19.9 Å². The van der Waals surface area contributed by atoms with Crippen molar-refractivity contribution in [3.8, 4) is 5.75 Å². The molecular weight excluding hydrogens is 345 g/mol. The fourth-order valence-electron chi connectivity index (χ4n) is 2.24. The van der Waals surface area contributed by atoms with Crippen molar-refractivity contribution < 1.29 is 22.7 Å². The van der Waals surface area contributed by atoms with Crippen LogP contribution in [0.2, 0.25) is 0 Å². The molecule has 8 heteroatoms. The van der Waals surface area contributed by atoms with Gasteiger partial charge in [0.15, 0.2) is 0 Å². The Bertz CT molecular complexity index is 512. The lowest BCUT2D eigenvalue weighted by Crippen LogP contribution is -2.46. The number of carbonyl (C=O) groups is 1. The maximum atomic E-state index is 12.6. The monoisotopic (exact) mass is 368 g/mol. The second-order valence-electron chi connectivity index (χ2n) is 5.32. The predicted molar refractivity (Wildman–Crippen MR) is 89.3 cm³/mol. The first-order chi connectivity index (χ1) is 10.8. The summed E-state index contributed by atoms with van der Waals surface area (Å²) in [6, 6.07) is 4.64. The summed E-state index contributed by atoms with van der Waals surface area (Å²) in [5.41, 5.74) is 4.32. The number of carbonyl (C=O) groups excluding carboxylic acids is 1. The highest BCUT2D eigenvalue weighted by Crippen LogP contribution is 2.31. The van der Waals surface area contributed by atoms with Crippen LogP contribution in [0.1, 0.15) is 32.3 Å². The van der Waals surface area contributed by atoms with Gasteiger partial charge in [0, 0.05) is 6.54 Å². The van der Waals surface area contributed by atoms with Gasteiger partial charge in [0.1, 0.15) is 12.4 Å². The zero-order valence-electron chi connectivity index (χ0n) is 13.8. The lowest BCUT2D eigenvalue weighted by atomic mass is 9.81. The van der Waals surface area contributed by atoms with E-state index in [1.165, 1.54) is 12.1 Å². The molecule has 0 aromatic heterocycles. The lowest BCUT2D eigenvalue weighted by Gasteiger charge is -2.28. The van der Waals surface area contributed by atoms with Gasteiger partial charge >= 0.3 is 6.18 Å². The van der Waals surface area contributed by atoms with E-state index >= 15 is 0 Å². The van der Waals surface area contributed by atoms with E-state index in [0.29, 0.717) is 12.8 Å². The van der Waals surface area contributed by atoms with Crippen molar-refractivity contribution in [1.29, 1.82) is 0 Å². The van der Waals surface area contributed by atoms with E-state index in [4.69, 9.17) is 10.5 Å². The van der Waals surface area contributed by atoms with Gasteiger partial charge in [-0.3, -0.25) is 4.79 Å². The third-order valence-corrected chi connectivity index (χ3v) is 4.04. The Morgan fingerprint density at radius 1 is 1.25 bits per heavy atom. The van der Waals surface area contributed by atoms with Crippen LogP contribution < -0.4 is 15.8 Å². The molecule has 1 aromatic rings. The minimum atomic E-state index is -4.41. The molecule has 1 rings (SSSR count). The Labute approximate surface area is 146 Å². The van der Waals surface area contributed by atoms with Crippen LogP contribution in [0.5, 0.6) is 5.75 Å². The van der Waals surface area contributed by atoms with E-state index in [1.807, 2.05) is 13.8 Å². The van der Waals surface area contributed by atoms with Gasteiger partial charge in [0.25, 0.3) is 0 Å². The Morgan fingerprint density at radius 2 is 1.88 bits per heavy atom. The molecule has 0 aliphatic rings. The van der Waals surface area contributed by atoms with Gasteiger partial charge in [-0.05, 0) is 31.0 Å². The first-order valence-corrected chi connectivity index (χ1v) is 7.57. The number of ether oxygens (including phenoxy) is 1. The molecule has 0 aliphatic carbocycles. The fourth-order valence-corrected chi connectivity index (χ4v) is 2.24. The van der Waals surface area contributed by atoms with Crippen LogP contribution in [0.3, 0.4) is 0 Å². The number of amides is 1. The maximum Gasteiger partial charge on any atom is 0.416 e. The summed E-state index contributed by atoms with van der Waals surface area (Å²) in [7, 11) is 0. The van der Waals surface area contributed by atoms with Crippen LogP contribution in [0.25, 0.3) is 0 Å². The summed E-state index contributed by atoms with van der Waals surface area (Å²) in [6.07, 6.45) is -3.16. The topological polar surface area (TPSA) is 64.4 Å². The molecule has 0 heterocycles. The fraction of sp³-hybridized carbons (Fsp3) is 0.562. The molecule has 4 nitrogen and oxygen atoms in total. The van der Waals surface area contributed by atoms with Gasteiger partial charge in [-0.2, -0.15) is 13.2 Å². The smallest absolute Gasteiger partial charge is 0.416 e. The average molecular weight is 369 g/mol. The van der Waals surface area contributed by atoms with Crippen LogP contribution in [-0.2, 0) is 11.0 Å². The van der Waals surface area contributed by atoms with Crippen molar-refractivity contribution >= 4 is 18.3 Å². The number of rotatable bonds is 8. The number of halogens is 4. The lowest BCUT2D eigenvalue weighted by molar-refractivity contribution is -0.137. The Hall–Kier alpha value is -1.47. The molecule has 3 N–H and O–H groups in total. The quantitative estimate of drug-likeness (QED) is 0.691. The van der Waals surface area contributed by atoms with Crippen LogP contribution in [0, 0.1) is 5.41 Å². The van der Waals surface area contributed by atoms with Crippen molar-refractivity contribution in [2.45, 2.75) is 32.9 Å². The summed E-state index contributed by atoms with van der Waals surface area (Å²) in [4.78, 5) is 12.2. The molecule has 138 valence electrons. The highest BCUT2D eigenvalue weighted by atomic mass is 35.5. The molecule has 0 bridgehead atoms. The van der Waals surface area contributed by atoms with Gasteiger partial charge in [-0.25, -0.2) is 0 Å². The van der Waals surface area contributed by atoms with E-state index in [-0.39, 0.29) is 43.8 Å². The van der Waals surface area contributed by atoms with Crippen molar-refractivity contribution in [3.05, 3.63) is 29.8 Å². The van der Waals surface area contributed by atoms with Crippen LogP contribution in [-0.4, -0.2) is 25.6 Å². The SMILES string of the molecule is CCC(CC)(CN)C(=O)NCCOc1cccc(C(F)(F)F)c1.Cl. The summed E-state index contributed by atoms with van der Waals surface area (Å²) in [5, 5.41) is 2.73. The predicted octanol–water partition coefficient (Wildman–Crippen LogP) is 3.39. The largest absolute Gasteiger partial charge is 0.492 e. The third-order valence-electron chi connectivity index (χ3n) is 4.04. The summed E-state index contributed by atoms with van der Waals surface area (Å²) in [5.74, 6) is -0.0391. The van der Waals surface area contributed by atoms with Gasteiger partial charge in [-0.15, -0.1) is 12.4 Å². The summed E-state index contributed by atoms with van der Waals surface area (Å²) >= 11 is 0. The van der Waals surface area contributed by atoms with E-state index in [0.717, 1.165) is 12.1 Å². The van der Waals surface area contributed by atoms with E-state index in [1.54, 1.807) is 0 Å². The second kappa shape index (κ2) is 9.74. The third kappa shape index (κ3) is 5.87. The molecule has 0 atom stereocenters. The summed E-state index contributed by atoms with van der Waals surface area (Å²) < 4.78 is 43.0. The second-order valence-corrected chi connectivity index (χ2v) is 5.32. The summed E-state index contributed by atoms with van der Waals surface area (Å²) in [6.45, 7) is 4.34. The van der Waals surface area contributed by atoms with Crippen LogP contribution in [0.15, 0.2) is 24.3 Å². The molecule has 0 aliphatic heterocycles. The van der Waals surface area contributed by atoms with Crippen molar-refractivity contribution in [1.82, 2.24) is 5.32 Å². The number of alkyl halides is 3. The number of hydrogen-bond acceptors (Lipinski definition) is 3. The number of nitrogens with two attached hydrogens (primary N) is 1. The minimum Gasteiger partial charge on any atom is -0.492 e. The minimum absolute atomic E-state index is 0. The molecule has 0 radical (unpaired) electrons. The first kappa shape index (κ1) is 22.5. The number of benzene rings is 1. The standard InChI is InChI=1S/C16H23F3N2O2.ClH/c1-3-15(4-2,11-20)14(22)21-8-9-23-13-7-5-6-12(10-13)16(17,18)19;/h5-7,10H,3-4,8-9,11,20H2,1-2H3,(H,21,22);1H. The highest BCUT2D eigenvalue weighted by Gasteiger charge is 2.33. The highest BCUT2D eigenvalue weighted by molar-refractivity contribution is 5.85. The van der Waals surface area contributed by atoms with Crippen molar-refractivity contribution in [2.75, 3.05) is 19.7 Å². The molecule has 1 aromatic carbocycles. The van der Waals surface area contributed by atoms with Crippen molar-refractivity contribution in [2.24, 2.45) is 11.1 Å². The number of nitrogens with one attached hydrogen (secondary N) is 1. The number of hydrogen-bond donors (Lipinski definition) is 2. The van der Waals surface area contributed by atoms with Crippen LogP contribution >= 0.6 is 12.4 Å². The molecule has 0 fully saturated rings. The average Bonchev–Trinajstić information content (AvgIpc) is 2.53. The Kier molecular flexibility index (Phi) is 9.14. The zero-order valence-corrected chi connectivity index (χ0v) is 14.6. The van der Waals surface area contributed by atoms with E-state index in [2.05, 4.69) is 5.32 Å². The molecule has 0 spiro atoms. The van der Waals surface area contributed by atoms with Crippen molar-refractivity contribution in [3.63, 3.8) is 0 Å². The van der Waals surface area contributed by atoms with Gasteiger partial charge in [0.2, 0.25) is 5.91 Å². The van der Waals surface area contributed by atoms with Gasteiger partial charge < -0.3 is 15.8 Å². The zero-order chi connectivity index (χ0) is 17.5. The first-order valence-electron chi connectivity index (χ1n) is 7.57. The Morgan fingerprint density at radius 3 is 2.38 bits per heavy atom. The normalized spacial score (nSPS) is 11.6. The molecule has 0 saturated heterocycles. The maximum absolute atomic E-state index is 12.6. The Balaban J connectivity index is 0.00000529. The van der Waals surface area contributed by atoms with E-state index < -0.39 is 17.2 Å².